The fraction of sp³-hybridized carbons (Fsp3) is 0.150. The van der Waals surface area contributed by atoms with Crippen LogP contribution in [0.5, 0.6) is 5.75 Å². The number of ether oxygens (including phenoxy) is 1. The minimum absolute atomic E-state index is 0.243. The fourth-order valence-electron chi connectivity index (χ4n) is 2.41. The van der Waals surface area contributed by atoms with E-state index in [0.717, 1.165) is 16.8 Å². The Morgan fingerprint density at radius 2 is 1.65 bits per heavy atom. The van der Waals surface area contributed by atoms with Gasteiger partial charge in [-0.3, -0.25) is 4.79 Å². The lowest BCUT2D eigenvalue weighted by atomic mass is 10.2. The highest BCUT2D eigenvalue weighted by Gasteiger charge is 2.10. The molecular weight excluding hydrogens is 328 g/mol. The van der Waals surface area contributed by atoms with Crippen LogP contribution in [0.15, 0.2) is 54.6 Å². The Bertz CT molecular complexity index is 906. The monoisotopic (exact) mass is 348 g/mol. The third-order valence-electron chi connectivity index (χ3n) is 3.82. The van der Waals surface area contributed by atoms with Crippen LogP contribution in [0.2, 0.25) is 0 Å². The molecule has 0 aliphatic rings. The molecule has 2 aromatic carbocycles. The maximum Gasteiger partial charge on any atom is 0.276 e. The molecular formula is C20H20N4O2. The predicted octanol–water partition coefficient (Wildman–Crippen LogP) is 4.10. The van der Waals surface area contributed by atoms with E-state index >= 15 is 0 Å². The predicted molar refractivity (Wildman–Crippen MR) is 102 cm³/mol. The van der Waals surface area contributed by atoms with E-state index in [1.807, 2.05) is 56.3 Å². The lowest BCUT2D eigenvalue weighted by molar-refractivity contribution is 0.102. The third-order valence-corrected chi connectivity index (χ3v) is 3.82. The normalized spacial score (nSPS) is 10.3. The maximum atomic E-state index is 12.3. The second kappa shape index (κ2) is 7.65. The Morgan fingerprint density at radius 1 is 0.923 bits per heavy atom. The molecule has 0 saturated carbocycles. The fourth-order valence-corrected chi connectivity index (χ4v) is 2.41. The second-order valence-electron chi connectivity index (χ2n) is 5.95. The molecule has 1 aromatic heterocycles. The van der Waals surface area contributed by atoms with Crippen LogP contribution >= 0.6 is 0 Å². The number of methoxy groups -OCH3 is 1. The zero-order chi connectivity index (χ0) is 18.5. The summed E-state index contributed by atoms with van der Waals surface area (Å²) in [5, 5.41) is 14.0. The number of benzene rings is 2. The first-order valence-electron chi connectivity index (χ1n) is 8.18. The zero-order valence-corrected chi connectivity index (χ0v) is 14.9. The first-order valence-corrected chi connectivity index (χ1v) is 8.18. The lowest BCUT2D eigenvalue weighted by Gasteiger charge is -2.11. The van der Waals surface area contributed by atoms with Gasteiger partial charge in [0.05, 0.1) is 12.8 Å². The van der Waals surface area contributed by atoms with Crippen LogP contribution in [0.4, 0.5) is 17.2 Å². The molecule has 0 fully saturated rings. The van der Waals surface area contributed by atoms with Gasteiger partial charge in [0.15, 0.2) is 11.5 Å². The number of carbonyl (C=O) groups excluding carboxylic acids is 1. The largest absolute Gasteiger partial charge is 0.495 e. The molecule has 3 rings (SSSR count). The van der Waals surface area contributed by atoms with E-state index in [-0.39, 0.29) is 11.6 Å². The van der Waals surface area contributed by atoms with Crippen LogP contribution in [0.3, 0.4) is 0 Å². The first kappa shape index (κ1) is 17.4. The molecule has 2 N–H and O–H groups in total. The molecule has 6 heteroatoms. The highest BCUT2D eigenvalue weighted by Crippen LogP contribution is 2.27. The molecule has 3 aromatic rings. The van der Waals surface area contributed by atoms with Crippen molar-refractivity contribution in [2.45, 2.75) is 13.8 Å². The number of aromatic nitrogens is 2. The van der Waals surface area contributed by atoms with Crippen molar-refractivity contribution in [1.29, 1.82) is 0 Å². The van der Waals surface area contributed by atoms with E-state index < -0.39 is 0 Å². The van der Waals surface area contributed by atoms with E-state index in [9.17, 15) is 4.79 Å². The van der Waals surface area contributed by atoms with Gasteiger partial charge in [-0.2, -0.15) is 0 Å². The summed E-state index contributed by atoms with van der Waals surface area (Å²) in [5.74, 6) is 0.931. The van der Waals surface area contributed by atoms with Crippen LogP contribution in [-0.4, -0.2) is 23.2 Å². The summed E-state index contributed by atoms with van der Waals surface area (Å²) in [6, 6.07) is 16.7. The van der Waals surface area contributed by atoms with Gasteiger partial charge >= 0.3 is 0 Å². The van der Waals surface area contributed by atoms with Gasteiger partial charge in [-0.1, -0.05) is 23.8 Å². The minimum atomic E-state index is -0.305. The standard InChI is InChI=1S/C20H20N4O2/c1-13-4-7-15(8-5-13)21-20(25)16-9-11-19(24-23-16)22-17-12-14(2)6-10-18(17)26-3/h4-12H,1-3H3,(H,21,25)(H,22,24). The van der Waals surface area contributed by atoms with Gasteiger partial charge in [-0.15, -0.1) is 10.2 Å². The summed E-state index contributed by atoms with van der Waals surface area (Å²) >= 11 is 0. The number of hydrogen-bond acceptors (Lipinski definition) is 5. The number of nitrogens with one attached hydrogen (secondary N) is 2. The molecule has 0 saturated heterocycles. The van der Waals surface area contributed by atoms with Crippen molar-refractivity contribution in [1.82, 2.24) is 10.2 Å². The summed E-state index contributed by atoms with van der Waals surface area (Å²) in [6.45, 7) is 3.99. The summed E-state index contributed by atoms with van der Waals surface area (Å²) in [4.78, 5) is 12.3. The quantitative estimate of drug-likeness (QED) is 0.726. The molecule has 0 bridgehead atoms. The number of carbonyl (C=O) groups is 1. The van der Waals surface area contributed by atoms with Crippen molar-refractivity contribution >= 4 is 23.1 Å². The van der Waals surface area contributed by atoms with E-state index in [1.54, 1.807) is 19.2 Å². The molecule has 0 radical (unpaired) electrons. The maximum absolute atomic E-state index is 12.3. The summed E-state index contributed by atoms with van der Waals surface area (Å²) in [6.07, 6.45) is 0. The number of aryl methyl sites for hydroxylation is 2. The summed E-state index contributed by atoms with van der Waals surface area (Å²) < 4.78 is 5.33. The lowest BCUT2D eigenvalue weighted by Crippen LogP contribution is -2.14. The molecule has 1 amide bonds. The van der Waals surface area contributed by atoms with Crippen molar-refractivity contribution in [2.24, 2.45) is 0 Å². The topological polar surface area (TPSA) is 76.1 Å². The van der Waals surface area contributed by atoms with Crippen molar-refractivity contribution in [3.05, 3.63) is 71.4 Å². The Morgan fingerprint density at radius 3 is 2.31 bits per heavy atom. The Labute approximate surface area is 152 Å². The van der Waals surface area contributed by atoms with E-state index in [0.29, 0.717) is 17.3 Å². The van der Waals surface area contributed by atoms with Gasteiger partial charge in [0.25, 0.3) is 5.91 Å². The van der Waals surface area contributed by atoms with Crippen LogP contribution in [-0.2, 0) is 0 Å². The van der Waals surface area contributed by atoms with Crippen molar-refractivity contribution in [3.8, 4) is 5.75 Å². The minimum Gasteiger partial charge on any atom is -0.495 e. The van der Waals surface area contributed by atoms with E-state index in [1.165, 1.54) is 0 Å². The van der Waals surface area contributed by atoms with Gasteiger partial charge in [0, 0.05) is 5.69 Å². The van der Waals surface area contributed by atoms with E-state index in [4.69, 9.17) is 4.74 Å². The average molecular weight is 348 g/mol. The van der Waals surface area contributed by atoms with Gasteiger partial charge in [-0.05, 0) is 55.8 Å². The SMILES string of the molecule is COc1ccc(C)cc1Nc1ccc(C(=O)Nc2ccc(C)cc2)nn1. The molecule has 132 valence electrons. The molecule has 0 unspecified atom stereocenters. The number of hydrogen-bond donors (Lipinski definition) is 2. The van der Waals surface area contributed by atoms with Crippen LogP contribution in [0.25, 0.3) is 0 Å². The molecule has 0 spiro atoms. The molecule has 0 aliphatic carbocycles. The Kier molecular flexibility index (Phi) is 5.12. The molecule has 26 heavy (non-hydrogen) atoms. The van der Waals surface area contributed by atoms with Gasteiger partial charge < -0.3 is 15.4 Å². The third kappa shape index (κ3) is 4.16. The molecule has 0 atom stereocenters. The zero-order valence-electron chi connectivity index (χ0n) is 14.9. The first-order chi connectivity index (χ1) is 12.5. The number of nitrogens with zero attached hydrogens (tertiary/aromatic N) is 2. The number of rotatable bonds is 5. The smallest absolute Gasteiger partial charge is 0.276 e. The van der Waals surface area contributed by atoms with Crippen LogP contribution in [0, 0.1) is 13.8 Å². The van der Waals surface area contributed by atoms with Gasteiger partial charge in [0.1, 0.15) is 5.75 Å². The van der Waals surface area contributed by atoms with Gasteiger partial charge in [-0.25, -0.2) is 0 Å². The Balaban J connectivity index is 1.71. The molecule has 1 heterocycles. The number of anilines is 3. The number of amides is 1. The summed E-state index contributed by atoms with van der Waals surface area (Å²) in [5.41, 5.74) is 3.97. The average Bonchev–Trinajstić information content (AvgIpc) is 2.64. The summed E-state index contributed by atoms with van der Waals surface area (Å²) in [7, 11) is 1.61. The molecule has 6 nitrogen and oxygen atoms in total. The highest BCUT2D eigenvalue weighted by atomic mass is 16.5. The van der Waals surface area contributed by atoms with Crippen LogP contribution in [0.1, 0.15) is 21.6 Å². The highest BCUT2D eigenvalue weighted by molar-refractivity contribution is 6.02. The van der Waals surface area contributed by atoms with E-state index in [2.05, 4.69) is 20.8 Å². The van der Waals surface area contributed by atoms with Crippen molar-refractivity contribution in [3.63, 3.8) is 0 Å². The van der Waals surface area contributed by atoms with Gasteiger partial charge in [0.2, 0.25) is 0 Å². The molecule has 0 aliphatic heterocycles. The van der Waals surface area contributed by atoms with Crippen molar-refractivity contribution in [2.75, 3.05) is 17.7 Å². The second-order valence-corrected chi connectivity index (χ2v) is 5.95. The Hall–Kier alpha value is -3.41. The van der Waals surface area contributed by atoms with Crippen molar-refractivity contribution < 1.29 is 9.53 Å². The van der Waals surface area contributed by atoms with Crippen LogP contribution < -0.4 is 15.4 Å².